The maximum absolute atomic E-state index is 13.0. The summed E-state index contributed by atoms with van der Waals surface area (Å²) in [6, 6.07) is 0. The number of hydrogen-bond donors (Lipinski definition) is 22. The Bertz CT molecular complexity index is 2400. The van der Waals surface area contributed by atoms with Gasteiger partial charge in [0.05, 0.1) is 24.4 Å². The standard InChI is InChI=1S/C48H74O41/c1-5-9(49)14(54)30(41(74)75-5)83-43-23(63)19(59)26(34(87-43)38(68)69)79-47-32(16(56)11(51)7(3)77-47)85-45-25(65)21(61)28(36(89-45)40(72)73)81-48-33(17(57)12(52)8(4)78-48)86-44-24(64)20(60)27(35(88-44)39(70)71)80-46-31(15(55)10(50)6(2)76-46)84-42-22(62)13(53)18(58)29(82-42)37(66)67/h5-36,41-65,74H,1-4H3,(H,66,67)(H,68,69)(H,70,71)(H,72,73). The third-order valence-electron chi connectivity index (χ3n) is 16.4. The molecule has 40 atom stereocenters. The number of aliphatic hydroxyl groups is 18. The molecule has 8 rings (SSSR count). The van der Waals surface area contributed by atoms with Gasteiger partial charge in [0.15, 0.2) is 74.7 Å². The van der Waals surface area contributed by atoms with Crippen LogP contribution in [0.2, 0.25) is 0 Å². The van der Waals surface area contributed by atoms with Crippen molar-refractivity contribution < 1.29 is 203 Å². The second-order valence-corrected chi connectivity index (χ2v) is 22.5. The Balaban J connectivity index is 0.974. The van der Waals surface area contributed by atoms with Gasteiger partial charge in [-0.1, -0.05) is 0 Å². The first-order valence-electron chi connectivity index (χ1n) is 27.6. The molecule has 512 valence electrons. The molecule has 0 amide bonds. The van der Waals surface area contributed by atoms with E-state index in [1.54, 1.807) is 0 Å². The van der Waals surface area contributed by atoms with E-state index in [1.807, 2.05) is 0 Å². The predicted octanol–water partition coefficient (Wildman–Crippen LogP) is -14.0. The Morgan fingerprint density at radius 2 is 0.438 bits per heavy atom. The van der Waals surface area contributed by atoms with Crippen LogP contribution in [0.3, 0.4) is 0 Å². The Labute approximate surface area is 499 Å². The van der Waals surface area contributed by atoms with Gasteiger partial charge in [0, 0.05) is 0 Å². The summed E-state index contributed by atoms with van der Waals surface area (Å²) in [5.74, 6) is -7.85. The lowest BCUT2D eigenvalue weighted by molar-refractivity contribution is -0.403. The summed E-state index contributed by atoms with van der Waals surface area (Å²) in [6.45, 7) is 4.73. The molecule has 89 heavy (non-hydrogen) atoms. The van der Waals surface area contributed by atoms with Crippen molar-refractivity contribution in [3.63, 3.8) is 0 Å². The van der Waals surface area contributed by atoms with Gasteiger partial charge < -0.3 is 183 Å². The zero-order valence-electron chi connectivity index (χ0n) is 46.7. The van der Waals surface area contributed by atoms with Crippen molar-refractivity contribution >= 4 is 23.9 Å². The van der Waals surface area contributed by atoms with E-state index in [2.05, 4.69) is 0 Å². The number of hydrogen-bond acceptors (Lipinski definition) is 37. The molecule has 0 saturated carbocycles. The molecule has 22 N–H and O–H groups in total. The van der Waals surface area contributed by atoms with Gasteiger partial charge in [-0.2, -0.15) is 0 Å². The van der Waals surface area contributed by atoms with Crippen LogP contribution < -0.4 is 0 Å². The van der Waals surface area contributed by atoms with E-state index in [0.717, 1.165) is 20.8 Å². The fraction of sp³-hybridized carbons (Fsp3) is 0.917. The van der Waals surface area contributed by atoms with Crippen molar-refractivity contribution in [2.24, 2.45) is 0 Å². The molecule has 8 aliphatic heterocycles. The molecule has 0 aromatic heterocycles. The van der Waals surface area contributed by atoms with Crippen LogP contribution in [0.5, 0.6) is 0 Å². The van der Waals surface area contributed by atoms with Gasteiger partial charge in [0.2, 0.25) is 0 Å². The average Bonchev–Trinajstić information content (AvgIpc) is 1.10. The number of carboxylic acids is 4. The highest BCUT2D eigenvalue weighted by atomic mass is 16.8. The van der Waals surface area contributed by atoms with Crippen molar-refractivity contribution in [2.75, 3.05) is 0 Å². The number of aliphatic carboxylic acids is 4. The third kappa shape index (κ3) is 14.3. The van der Waals surface area contributed by atoms with Crippen molar-refractivity contribution in [3.05, 3.63) is 0 Å². The molecule has 8 heterocycles. The van der Waals surface area contributed by atoms with Crippen LogP contribution in [0.15, 0.2) is 0 Å². The number of rotatable bonds is 18. The van der Waals surface area contributed by atoms with Crippen LogP contribution in [-0.4, -0.2) is 382 Å². The molecule has 41 nitrogen and oxygen atoms in total. The average molecular weight is 1310 g/mol. The van der Waals surface area contributed by atoms with Crippen molar-refractivity contribution in [1.82, 2.24) is 0 Å². The minimum Gasteiger partial charge on any atom is -0.479 e. The van der Waals surface area contributed by atoms with Crippen molar-refractivity contribution in [1.29, 1.82) is 0 Å². The van der Waals surface area contributed by atoms with Gasteiger partial charge in [-0.15, -0.1) is 0 Å². The highest BCUT2D eigenvalue weighted by Crippen LogP contribution is 2.39. The lowest BCUT2D eigenvalue weighted by Gasteiger charge is -2.50. The second-order valence-electron chi connectivity index (χ2n) is 22.5. The summed E-state index contributed by atoms with van der Waals surface area (Å²) in [5, 5.41) is 237. The molecule has 0 bridgehead atoms. The first-order chi connectivity index (χ1) is 41.6. The third-order valence-corrected chi connectivity index (χ3v) is 16.4. The molecule has 0 radical (unpaired) electrons. The summed E-state index contributed by atoms with van der Waals surface area (Å²) in [4.78, 5) is 50.2. The zero-order chi connectivity index (χ0) is 66.0. The van der Waals surface area contributed by atoms with Gasteiger partial charge in [-0.05, 0) is 27.7 Å². The Morgan fingerprint density at radius 1 is 0.225 bits per heavy atom. The van der Waals surface area contributed by atoms with Gasteiger partial charge in [0.1, 0.15) is 146 Å². The molecule has 8 aliphatic rings. The Hall–Kier alpha value is -3.44. The molecule has 0 aromatic rings. The van der Waals surface area contributed by atoms with Crippen LogP contribution in [0.25, 0.3) is 0 Å². The number of carboxylic acid groups (broad SMARTS) is 4. The Kier molecular flexibility index (Phi) is 23.0. The van der Waals surface area contributed by atoms with E-state index in [1.165, 1.54) is 6.92 Å². The molecule has 8 saturated heterocycles. The molecule has 41 heteroatoms. The topological polar surface area (TPSA) is 652 Å². The first kappa shape index (κ1) is 71.4. The second kappa shape index (κ2) is 28.6. The minimum absolute atomic E-state index is 1.13. The van der Waals surface area contributed by atoms with Crippen LogP contribution in [0, 0.1) is 0 Å². The van der Waals surface area contributed by atoms with Crippen molar-refractivity contribution in [3.8, 4) is 0 Å². The zero-order valence-corrected chi connectivity index (χ0v) is 46.7. The molecule has 0 aromatic carbocycles. The summed E-state index contributed by atoms with van der Waals surface area (Å²) in [7, 11) is 0. The molecular formula is C48H74O41. The van der Waals surface area contributed by atoms with Crippen LogP contribution >= 0.6 is 0 Å². The molecule has 40 unspecified atom stereocenters. The van der Waals surface area contributed by atoms with Crippen LogP contribution in [0.4, 0.5) is 0 Å². The largest absolute Gasteiger partial charge is 0.479 e. The Morgan fingerprint density at radius 3 is 0.719 bits per heavy atom. The van der Waals surface area contributed by atoms with Gasteiger partial charge in [-0.3, -0.25) is 0 Å². The van der Waals surface area contributed by atoms with Gasteiger partial charge >= 0.3 is 23.9 Å². The lowest BCUT2D eigenvalue weighted by Crippen LogP contribution is -2.69. The van der Waals surface area contributed by atoms with Gasteiger partial charge in [-0.25, -0.2) is 19.2 Å². The molecule has 8 fully saturated rings. The van der Waals surface area contributed by atoms with E-state index < -0.39 is 270 Å². The molecule has 0 spiro atoms. The summed E-state index contributed by atoms with van der Waals surface area (Å²) in [6.07, 6.45) is -86.8. The fourth-order valence-corrected chi connectivity index (χ4v) is 11.1. The van der Waals surface area contributed by atoms with E-state index in [-0.39, 0.29) is 0 Å². The molecule has 0 aliphatic carbocycles. The number of aliphatic hydroxyl groups excluding tert-OH is 18. The smallest absolute Gasteiger partial charge is 0.335 e. The lowest BCUT2D eigenvalue weighted by atomic mass is 9.95. The predicted molar refractivity (Wildman–Crippen MR) is 261 cm³/mol. The van der Waals surface area contributed by atoms with Crippen LogP contribution in [0.1, 0.15) is 27.7 Å². The summed E-state index contributed by atoms with van der Waals surface area (Å²) in [5.41, 5.74) is 0. The number of ether oxygens (including phenoxy) is 15. The normalized spacial score (nSPS) is 53.4. The SMILES string of the molecule is CC1OC(O)C(OC2OC(C(=O)O)C(OC3OC(C)C(O)C(O)C3OC3OC(C(=O)O)C(OC4OC(C)C(O)C(O)C4OC4OC(C(=O)O)C(OC5OC(C)C(O)C(O)C5OC5OC(C(=O)O)C(O)C(O)C5O)C(O)C4O)C(O)C3O)C(O)C2O)C(O)C1O. The van der Waals surface area contributed by atoms with E-state index in [0.29, 0.717) is 0 Å². The monoisotopic (exact) mass is 1310 g/mol. The van der Waals surface area contributed by atoms with Crippen molar-refractivity contribution in [2.45, 2.75) is 273 Å². The summed E-state index contributed by atoms with van der Waals surface area (Å²) >= 11 is 0. The minimum atomic E-state index is -2.57. The maximum atomic E-state index is 13.0. The highest BCUT2D eigenvalue weighted by molar-refractivity contribution is 5.74. The highest BCUT2D eigenvalue weighted by Gasteiger charge is 2.61. The van der Waals surface area contributed by atoms with E-state index in [9.17, 15) is 132 Å². The summed E-state index contributed by atoms with van der Waals surface area (Å²) < 4.78 is 82.8. The van der Waals surface area contributed by atoms with Crippen LogP contribution in [-0.2, 0) is 90.2 Å². The quantitative estimate of drug-likeness (QED) is 0.0606. The maximum Gasteiger partial charge on any atom is 0.335 e. The van der Waals surface area contributed by atoms with Gasteiger partial charge in [0.25, 0.3) is 0 Å². The van der Waals surface area contributed by atoms with E-state index >= 15 is 0 Å². The molecular weight excluding hydrogens is 1230 g/mol. The number of carbonyl (C=O) groups is 4. The van der Waals surface area contributed by atoms with E-state index in [4.69, 9.17) is 71.1 Å². The first-order valence-corrected chi connectivity index (χ1v) is 27.6. The fourth-order valence-electron chi connectivity index (χ4n) is 11.1.